The Labute approximate surface area is 360 Å². The lowest BCUT2D eigenvalue weighted by Gasteiger charge is -2.63. The van der Waals surface area contributed by atoms with Crippen molar-refractivity contribution in [2.75, 3.05) is 55.6 Å². The molecule has 61 heavy (non-hydrogen) atoms. The summed E-state index contributed by atoms with van der Waals surface area (Å²) in [6, 6.07) is 21.5. The molecule has 14 nitrogen and oxygen atoms in total. The number of carbonyl (C=O) groups excluding carboxylic acids is 5. The number of hydrogen-bond acceptors (Lipinski definition) is 11. The first-order valence-corrected chi connectivity index (χ1v) is 21.2. The number of anilines is 2. The lowest BCUT2D eigenvalue weighted by molar-refractivity contribution is -0.164. The van der Waals surface area contributed by atoms with E-state index in [1.165, 1.54) is 0 Å². The first-order chi connectivity index (χ1) is 29.0. The first-order valence-electron chi connectivity index (χ1n) is 20.8. The minimum atomic E-state index is -1.01. The number of imide groups is 2. The Bertz CT molecular complexity index is 2370. The Kier molecular flexibility index (Phi) is 10.8. The van der Waals surface area contributed by atoms with Gasteiger partial charge in [0.25, 0.3) is 17.7 Å². The quantitative estimate of drug-likeness (QED) is 0.272. The maximum atomic E-state index is 13.5. The van der Waals surface area contributed by atoms with Crippen LogP contribution in [0.5, 0.6) is 5.75 Å². The Balaban J connectivity index is 0.818. The lowest BCUT2D eigenvalue weighted by Crippen LogP contribution is -2.74. The van der Waals surface area contributed by atoms with Crippen LogP contribution in [0.15, 0.2) is 60.7 Å². The number of halogens is 1. The molecule has 316 valence electrons. The van der Waals surface area contributed by atoms with Crippen molar-refractivity contribution < 1.29 is 28.7 Å². The van der Waals surface area contributed by atoms with Gasteiger partial charge in [0.1, 0.15) is 24.0 Å². The molecule has 0 radical (unpaired) electrons. The van der Waals surface area contributed by atoms with Gasteiger partial charge in [0, 0.05) is 92.1 Å². The van der Waals surface area contributed by atoms with Crippen molar-refractivity contribution in [3.63, 3.8) is 0 Å². The molecule has 0 bridgehead atoms. The molecule has 0 aromatic heterocycles. The molecule has 5 amide bonds. The summed E-state index contributed by atoms with van der Waals surface area (Å²) >= 11 is 6.25. The maximum Gasteiger partial charge on any atom is 0.262 e. The molecule has 4 fully saturated rings. The summed E-state index contributed by atoms with van der Waals surface area (Å²) in [4.78, 5) is 72.0. The number of piperazine rings is 1. The number of fused-ring (bicyclic) bond motifs is 1. The average molecular weight is 845 g/mol. The highest BCUT2D eigenvalue weighted by Crippen LogP contribution is 2.55. The molecule has 2 N–H and O–H groups in total. The summed E-state index contributed by atoms with van der Waals surface area (Å²) in [6.07, 6.45) is 1.26. The highest BCUT2D eigenvalue weighted by atomic mass is 35.5. The molecule has 1 unspecified atom stereocenters. The lowest BCUT2D eigenvalue weighted by atomic mass is 9.49. The Morgan fingerprint density at radius 2 is 1.48 bits per heavy atom. The van der Waals surface area contributed by atoms with E-state index in [4.69, 9.17) is 16.3 Å². The van der Waals surface area contributed by atoms with Gasteiger partial charge in [0.2, 0.25) is 11.8 Å². The fourth-order valence-corrected chi connectivity index (χ4v) is 10.6. The van der Waals surface area contributed by atoms with Crippen molar-refractivity contribution >= 4 is 52.5 Å². The average Bonchev–Trinajstić information content (AvgIpc) is 3.49. The van der Waals surface area contributed by atoms with Crippen molar-refractivity contribution in [2.45, 2.75) is 71.6 Å². The topological polar surface area (TPSA) is 179 Å². The van der Waals surface area contributed by atoms with Crippen LogP contribution in [-0.2, 0) is 9.59 Å². The van der Waals surface area contributed by atoms with Gasteiger partial charge in [0.15, 0.2) is 0 Å². The van der Waals surface area contributed by atoms with Crippen LogP contribution in [0.25, 0.3) is 0 Å². The molecule has 3 aromatic carbocycles. The molecule has 1 aliphatic carbocycles. The third-order valence-corrected chi connectivity index (χ3v) is 13.9. The monoisotopic (exact) mass is 844 g/mol. The van der Waals surface area contributed by atoms with Crippen LogP contribution in [0.3, 0.4) is 0 Å². The third-order valence-electron chi connectivity index (χ3n) is 13.6. The Morgan fingerprint density at radius 1 is 0.836 bits per heavy atom. The number of benzene rings is 3. The minimum absolute atomic E-state index is 0.0631. The van der Waals surface area contributed by atoms with Gasteiger partial charge in [-0.25, -0.2) is 0 Å². The van der Waals surface area contributed by atoms with Gasteiger partial charge in [-0.1, -0.05) is 39.3 Å². The van der Waals surface area contributed by atoms with Gasteiger partial charge in [-0.3, -0.25) is 39.1 Å². The molecule has 3 aromatic rings. The minimum Gasteiger partial charge on any atom is -0.489 e. The van der Waals surface area contributed by atoms with E-state index in [2.05, 4.69) is 65.2 Å². The van der Waals surface area contributed by atoms with Crippen molar-refractivity contribution in [1.29, 1.82) is 10.5 Å². The van der Waals surface area contributed by atoms with E-state index in [1.807, 2.05) is 30.3 Å². The summed E-state index contributed by atoms with van der Waals surface area (Å²) in [5, 5.41) is 25.5. The van der Waals surface area contributed by atoms with Crippen LogP contribution in [0, 0.1) is 38.9 Å². The molecule has 8 rings (SSSR count). The second-order valence-corrected chi connectivity index (χ2v) is 18.6. The summed E-state index contributed by atoms with van der Waals surface area (Å²) in [5.74, 6) is -1.68. The van der Waals surface area contributed by atoms with Gasteiger partial charge in [0.05, 0.1) is 33.2 Å². The maximum absolute atomic E-state index is 13.5. The number of nitrogens with one attached hydrogen (secondary N) is 2. The third kappa shape index (κ3) is 7.57. The number of hydrogen-bond donors (Lipinski definition) is 2. The zero-order chi connectivity index (χ0) is 43.4. The molecule has 5 aliphatic rings. The standard InChI is InChI=1S/C46H49ClN8O6/c1-44(2)42(45(3,4)43(44)61-32-11-7-29(25-48)35(47)24-32)51-38(57)28-5-8-30(9-6-28)54-21-19-52(20-22-54)27-46(26-49)15-17-53(18-16-46)31-10-12-33-34(23-31)41(60)55(40(33)59)36-13-14-37(56)50-39(36)58/h5-12,23-24,36,42-43H,13-22,27H2,1-4H3,(H,51,57)(H,50,56,58)/t36?,42-,43-. The van der Waals surface area contributed by atoms with Crippen LogP contribution in [0.2, 0.25) is 5.02 Å². The van der Waals surface area contributed by atoms with E-state index in [-0.39, 0.29) is 52.9 Å². The second-order valence-electron chi connectivity index (χ2n) is 18.2. The van der Waals surface area contributed by atoms with Gasteiger partial charge < -0.3 is 19.9 Å². The highest BCUT2D eigenvalue weighted by molar-refractivity contribution is 6.31. The Hall–Kier alpha value is -5.96. The normalized spacial score (nSPS) is 24.2. The van der Waals surface area contributed by atoms with Gasteiger partial charge in [-0.2, -0.15) is 10.5 Å². The van der Waals surface area contributed by atoms with Gasteiger partial charge in [-0.15, -0.1) is 0 Å². The number of amides is 5. The smallest absolute Gasteiger partial charge is 0.262 e. The molecule has 4 aliphatic heterocycles. The summed E-state index contributed by atoms with van der Waals surface area (Å²) in [6.45, 7) is 13.4. The van der Waals surface area contributed by atoms with E-state index in [9.17, 15) is 34.5 Å². The predicted molar refractivity (Wildman–Crippen MR) is 227 cm³/mol. The van der Waals surface area contributed by atoms with Crippen molar-refractivity contribution in [1.82, 2.24) is 20.4 Å². The van der Waals surface area contributed by atoms with Crippen LogP contribution < -0.4 is 25.2 Å². The Morgan fingerprint density at radius 3 is 2.10 bits per heavy atom. The highest BCUT2D eigenvalue weighted by Gasteiger charge is 2.64. The largest absolute Gasteiger partial charge is 0.489 e. The van der Waals surface area contributed by atoms with E-state index in [0.717, 1.165) is 42.5 Å². The number of nitriles is 2. The number of ether oxygens (including phenoxy) is 1. The van der Waals surface area contributed by atoms with Gasteiger partial charge >= 0.3 is 0 Å². The number of rotatable bonds is 9. The second kappa shape index (κ2) is 15.8. The molecule has 1 saturated carbocycles. The molecule has 15 heteroatoms. The van der Waals surface area contributed by atoms with Gasteiger partial charge in [-0.05, 0) is 73.9 Å². The van der Waals surface area contributed by atoms with Crippen molar-refractivity contribution in [3.8, 4) is 17.9 Å². The van der Waals surface area contributed by atoms with Crippen molar-refractivity contribution in [2.24, 2.45) is 16.2 Å². The fraction of sp³-hybridized carbons (Fsp3) is 0.457. The molecular formula is C46H49ClN8O6. The SMILES string of the molecule is CC1(C)[C@H](NC(=O)c2ccc(N3CCN(CC4(C#N)CCN(c5ccc6c(c5)C(=O)N(C5CCC(=O)NC5=O)C6=O)CC4)CC3)cc2)C(C)(C)[C@H]1Oc1ccc(C#N)c(Cl)c1. The van der Waals surface area contributed by atoms with Crippen molar-refractivity contribution in [3.05, 3.63) is 87.9 Å². The van der Waals surface area contributed by atoms with E-state index >= 15 is 0 Å². The number of piperidine rings is 2. The molecule has 3 saturated heterocycles. The zero-order valence-electron chi connectivity index (χ0n) is 34.8. The van der Waals surface area contributed by atoms with Crippen LogP contribution in [0.4, 0.5) is 11.4 Å². The zero-order valence-corrected chi connectivity index (χ0v) is 35.6. The number of carbonyl (C=O) groups is 5. The summed E-state index contributed by atoms with van der Waals surface area (Å²) < 4.78 is 6.38. The van der Waals surface area contributed by atoms with E-state index < -0.39 is 35.1 Å². The van der Waals surface area contributed by atoms with Crippen LogP contribution in [0.1, 0.15) is 90.0 Å². The molecule has 0 spiro atoms. The number of nitrogens with zero attached hydrogens (tertiary/aromatic N) is 6. The fourth-order valence-electron chi connectivity index (χ4n) is 10.4. The summed E-state index contributed by atoms with van der Waals surface area (Å²) in [5.41, 5.74) is 2.00. The molecule has 1 atom stereocenters. The van der Waals surface area contributed by atoms with E-state index in [1.54, 1.807) is 30.3 Å². The summed E-state index contributed by atoms with van der Waals surface area (Å²) in [7, 11) is 0. The first kappa shape index (κ1) is 41.8. The van der Waals surface area contributed by atoms with E-state index in [0.29, 0.717) is 54.4 Å². The molecule has 4 heterocycles. The van der Waals surface area contributed by atoms with Crippen LogP contribution in [-0.4, -0.2) is 103 Å². The predicted octanol–water partition coefficient (Wildman–Crippen LogP) is 5.16. The van der Waals surface area contributed by atoms with Crippen LogP contribution >= 0.6 is 11.6 Å². The molecular weight excluding hydrogens is 796 g/mol.